The smallest absolute Gasteiger partial charge is 0.152 e. The number of aliphatic hydroxyl groups excluding tert-OH is 3. The van der Waals surface area contributed by atoms with Crippen LogP contribution in [0.3, 0.4) is 0 Å². The van der Waals surface area contributed by atoms with E-state index in [0.717, 1.165) is 63.6 Å². The van der Waals surface area contributed by atoms with Crippen molar-refractivity contribution >= 4 is 5.84 Å². The van der Waals surface area contributed by atoms with Crippen molar-refractivity contribution in [3.8, 4) is 0 Å². The summed E-state index contributed by atoms with van der Waals surface area (Å²) in [6.07, 6.45) is 7.89. The molecule has 0 aromatic heterocycles. The highest BCUT2D eigenvalue weighted by Gasteiger charge is 2.66. The van der Waals surface area contributed by atoms with Crippen molar-refractivity contribution in [3.63, 3.8) is 0 Å². The number of nitrogens with zero attached hydrogens (tertiary/aromatic N) is 3. The number of azo groups is 1. The SMILES string of the molecule is CC[C@H]1[C@@H](O)[C@@H]2C(CC[C@]3(C)[C@@H]([C@H](C)CCC4=NCN=N4)[C@@H](O)C[C@@H]23)[C@@]2(C)CC[C@@H](O)C[C@@H]12. The van der Waals surface area contributed by atoms with Gasteiger partial charge in [0.1, 0.15) is 5.84 Å². The summed E-state index contributed by atoms with van der Waals surface area (Å²) < 4.78 is 0. The highest BCUT2D eigenvalue weighted by Crippen LogP contribution is 2.69. The average molecular weight is 460 g/mol. The molecule has 0 aromatic rings. The van der Waals surface area contributed by atoms with E-state index in [1.807, 2.05) is 0 Å². The van der Waals surface area contributed by atoms with E-state index in [4.69, 9.17) is 0 Å². The molecule has 5 rings (SSSR count). The van der Waals surface area contributed by atoms with Crippen LogP contribution in [0.15, 0.2) is 15.2 Å². The maximum absolute atomic E-state index is 11.8. The molecule has 0 spiro atoms. The topological polar surface area (TPSA) is 97.8 Å². The molecule has 6 heteroatoms. The minimum Gasteiger partial charge on any atom is -0.393 e. The Bertz CT molecular complexity index is 801. The number of hydrogen-bond donors (Lipinski definition) is 3. The maximum Gasteiger partial charge on any atom is 0.152 e. The van der Waals surface area contributed by atoms with Gasteiger partial charge in [-0.25, -0.2) is 4.99 Å². The van der Waals surface area contributed by atoms with Crippen molar-refractivity contribution in [2.75, 3.05) is 6.67 Å². The fourth-order valence-corrected chi connectivity index (χ4v) is 9.97. The third-order valence-electron chi connectivity index (χ3n) is 11.4. The normalized spacial score (nSPS) is 52.1. The van der Waals surface area contributed by atoms with Gasteiger partial charge in [-0.3, -0.25) is 0 Å². The molecule has 0 amide bonds. The van der Waals surface area contributed by atoms with Crippen LogP contribution >= 0.6 is 0 Å². The lowest BCUT2D eigenvalue weighted by Gasteiger charge is -2.64. The minimum atomic E-state index is -0.317. The Hall–Kier alpha value is -0.850. The van der Waals surface area contributed by atoms with E-state index < -0.39 is 0 Å². The maximum atomic E-state index is 11.8. The second-order valence-electron chi connectivity index (χ2n) is 12.7. The zero-order chi connectivity index (χ0) is 23.5. The van der Waals surface area contributed by atoms with E-state index in [-0.39, 0.29) is 46.9 Å². The highest BCUT2D eigenvalue weighted by molar-refractivity contribution is 5.83. The summed E-state index contributed by atoms with van der Waals surface area (Å²) in [4.78, 5) is 4.35. The van der Waals surface area contributed by atoms with Gasteiger partial charge in [0.2, 0.25) is 0 Å². The monoisotopic (exact) mass is 459 g/mol. The van der Waals surface area contributed by atoms with Crippen LogP contribution in [0.2, 0.25) is 0 Å². The number of aliphatic hydroxyl groups is 3. The first-order valence-corrected chi connectivity index (χ1v) is 13.7. The van der Waals surface area contributed by atoms with E-state index in [1.165, 1.54) is 0 Å². The summed E-state index contributed by atoms with van der Waals surface area (Å²) in [6, 6.07) is 0. The van der Waals surface area contributed by atoms with Gasteiger partial charge < -0.3 is 15.3 Å². The molecule has 0 saturated heterocycles. The van der Waals surface area contributed by atoms with Gasteiger partial charge in [0.05, 0.1) is 18.3 Å². The summed E-state index contributed by atoms with van der Waals surface area (Å²) in [7, 11) is 0. The molecule has 33 heavy (non-hydrogen) atoms. The average Bonchev–Trinajstić information content (AvgIpc) is 3.38. The predicted molar refractivity (Wildman–Crippen MR) is 129 cm³/mol. The van der Waals surface area contributed by atoms with E-state index in [0.29, 0.717) is 30.3 Å². The summed E-state index contributed by atoms with van der Waals surface area (Å²) >= 11 is 0. The van der Waals surface area contributed by atoms with Crippen LogP contribution in [-0.4, -0.2) is 46.1 Å². The number of fused-ring (bicyclic) bond motifs is 5. The number of hydrogen-bond acceptors (Lipinski definition) is 6. The molecule has 6 nitrogen and oxygen atoms in total. The summed E-state index contributed by atoms with van der Waals surface area (Å²) in [6.45, 7) is 9.87. The second-order valence-corrected chi connectivity index (χ2v) is 12.7. The van der Waals surface area contributed by atoms with E-state index in [1.54, 1.807) is 0 Å². The van der Waals surface area contributed by atoms with Crippen LogP contribution in [0, 0.1) is 52.3 Å². The molecule has 186 valence electrons. The zero-order valence-electron chi connectivity index (χ0n) is 21.0. The lowest BCUT2D eigenvalue weighted by Crippen LogP contribution is -2.62. The highest BCUT2D eigenvalue weighted by atomic mass is 16.3. The van der Waals surface area contributed by atoms with Crippen molar-refractivity contribution < 1.29 is 15.3 Å². The van der Waals surface area contributed by atoms with Crippen LogP contribution in [0.1, 0.15) is 85.5 Å². The van der Waals surface area contributed by atoms with Crippen LogP contribution in [-0.2, 0) is 0 Å². The summed E-state index contributed by atoms with van der Waals surface area (Å²) in [5.74, 6) is 3.31. The van der Waals surface area contributed by atoms with Crippen LogP contribution in [0.4, 0.5) is 0 Å². The van der Waals surface area contributed by atoms with E-state index in [9.17, 15) is 15.3 Å². The fourth-order valence-electron chi connectivity index (χ4n) is 9.97. The lowest BCUT2D eigenvalue weighted by atomic mass is 9.41. The molecule has 0 radical (unpaired) electrons. The third-order valence-corrected chi connectivity index (χ3v) is 11.4. The van der Waals surface area contributed by atoms with Crippen molar-refractivity contribution in [1.29, 1.82) is 0 Å². The number of aliphatic imine (C=N–C) groups is 1. The molecular formula is C27H45N3O3. The Balaban J connectivity index is 1.41. The first-order valence-electron chi connectivity index (χ1n) is 13.7. The molecule has 12 atom stereocenters. The van der Waals surface area contributed by atoms with Crippen LogP contribution < -0.4 is 0 Å². The molecule has 4 fully saturated rings. The Labute approximate surface area is 199 Å². The molecule has 4 saturated carbocycles. The molecule has 4 aliphatic carbocycles. The predicted octanol–water partition coefficient (Wildman–Crippen LogP) is 4.82. The van der Waals surface area contributed by atoms with Crippen LogP contribution in [0.5, 0.6) is 0 Å². The van der Waals surface area contributed by atoms with Gasteiger partial charge >= 0.3 is 0 Å². The molecule has 3 N–H and O–H groups in total. The molecular weight excluding hydrogens is 414 g/mol. The Kier molecular flexibility index (Phi) is 6.27. The third kappa shape index (κ3) is 3.65. The fraction of sp³-hybridized carbons (Fsp3) is 0.963. The van der Waals surface area contributed by atoms with Gasteiger partial charge in [0.15, 0.2) is 6.67 Å². The van der Waals surface area contributed by atoms with Crippen molar-refractivity contribution in [1.82, 2.24) is 0 Å². The zero-order valence-corrected chi connectivity index (χ0v) is 21.0. The Morgan fingerprint density at radius 1 is 1.00 bits per heavy atom. The Morgan fingerprint density at radius 3 is 2.45 bits per heavy atom. The molecule has 1 unspecified atom stereocenters. The molecule has 0 aromatic carbocycles. The van der Waals surface area contributed by atoms with Gasteiger partial charge in [0.25, 0.3) is 0 Å². The van der Waals surface area contributed by atoms with Gasteiger partial charge in [-0.05, 0) is 97.2 Å². The first kappa shape index (κ1) is 23.9. The van der Waals surface area contributed by atoms with Gasteiger partial charge in [-0.15, -0.1) is 5.11 Å². The van der Waals surface area contributed by atoms with Crippen molar-refractivity contribution in [3.05, 3.63) is 0 Å². The number of rotatable bonds is 5. The van der Waals surface area contributed by atoms with Gasteiger partial charge in [-0.2, -0.15) is 5.11 Å². The largest absolute Gasteiger partial charge is 0.393 e. The summed E-state index contributed by atoms with van der Waals surface area (Å²) in [5, 5.41) is 41.8. The van der Waals surface area contributed by atoms with Crippen molar-refractivity contribution in [2.45, 2.75) is 104 Å². The second kappa shape index (κ2) is 8.67. The lowest BCUT2D eigenvalue weighted by molar-refractivity contribution is -0.203. The standard InChI is InChI=1S/C27H45N3O3/c1-5-17-19-12-16(31)8-10-26(19,3)18-9-11-27(4)20(23(18)25(17)33)13-21(32)24(27)15(2)6-7-22-28-14-29-30-22/h15-21,23-25,31-33H,5-14H2,1-4H3/t15-,16-,17-,18?,19+,20+,21+,23-,24+,25-,26-,27+/m1/s1. The molecule has 1 heterocycles. The van der Waals surface area contributed by atoms with Gasteiger partial charge in [-0.1, -0.05) is 34.1 Å². The summed E-state index contributed by atoms with van der Waals surface area (Å²) in [5.41, 5.74) is 0.265. The molecule has 1 aliphatic heterocycles. The Morgan fingerprint density at radius 2 is 1.76 bits per heavy atom. The van der Waals surface area contributed by atoms with Crippen LogP contribution in [0.25, 0.3) is 0 Å². The molecule has 5 aliphatic rings. The van der Waals surface area contributed by atoms with Crippen molar-refractivity contribution in [2.24, 2.45) is 67.5 Å². The first-order chi connectivity index (χ1) is 15.7. The van der Waals surface area contributed by atoms with E-state index in [2.05, 4.69) is 42.9 Å². The molecule has 0 bridgehead atoms. The van der Waals surface area contributed by atoms with E-state index >= 15 is 0 Å². The number of amidine groups is 1. The minimum absolute atomic E-state index is 0.0651. The van der Waals surface area contributed by atoms with Gasteiger partial charge in [0, 0.05) is 6.42 Å². The quantitative estimate of drug-likeness (QED) is 0.550.